The summed E-state index contributed by atoms with van der Waals surface area (Å²) in [5, 5.41) is 18.8. The van der Waals surface area contributed by atoms with Gasteiger partial charge in [-0.3, -0.25) is 10.1 Å². The normalized spacial score (nSPS) is 10.5. The number of ether oxygens (including phenoxy) is 1. The van der Waals surface area contributed by atoms with Crippen molar-refractivity contribution in [3.05, 3.63) is 71.3 Å². The number of hydrogen-bond acceptors (Lipinski definition) is 7. The molecule has 0 saturated heterocycles. The van der Waals surface area contributed by atoms with Crippen molar-refractivity contribution in [2.45, 2.75) is 0 Å². The van der Waals surface area contributed by atoms with Crippen molar-refractivity contribution in [2.75, 3.05) is 25.1 Å². The predicted octanol–water partition coefficient (Wildman–Crippen LogP) is 4.18. The molecule has 134 valence electrons. The van der Waals surface area contributed by atoms with E-state index in [-0.39, 0.29) is 12.3 Å². The lowest BCUT2D eigenvalue weighted by molar-refractivity contribution is -0.384. The minimum Gasteiger partial charge on any atom is -0.461 e. The van der Waals surface area contributed by atoms with Gasteiger partial charge in [-0.05, 0) is 36.4 Å². The first-order valence-corrected chi connectivity index (χ1v) is 7.76. The zero-order valence-electron chi connectivity index (χ0n) is 14.2. The number of carbonyl (C=O) groups excluding carboxylic acids is 1. The van der Waals surface area contributed by atoms with Gasteiger partial charge in [0.1, 0.15) is 6.61 Å². The number of esters is 1. The molecule has 0 atom stereocenters. The number of rotatable bonds is 8. The first kappa shape index (κ1) is 18.8. The molecule has 0 fully saturated rings. The van der Waals surface area contributed by atoms with E-state index in [1.54, 1.807) is 12.1 Å². The Bertz CT molecular complexity index is 801. The van der Waals surface area contributed by atoms with Crippen LogP contribution < -0.4 is 4.90 Å². The van der Waals surface area contributed by atoms with E-state index in [1.807, 2.05) is 24.1 Å². The standard InChI is InChI=1S/C18H18N4O4/c1-3-18(23)26-13-12-21(2)16-8-4-14(5-9-16)19-20-15-6-10-17(11-7-15)22(24)25/h3-11H,1,12-13H2,2H3. The predicted molar refractivity (Wildman–Crippen MR) is 98.1 cm³/mol. The van der Waals surface area contributed by atoms with Gasteiger partial charge in [-0.25, -0.2) is 4.79 Å². The van der Waals surface area contributed by atoms with E-state index in [1.165, 1.54) is 24.3 Å². The Morgan fingerprint density at radius 1 is 1.15 bits per heavy atom. The van der Waals surface area contributed by atoms with Gasteiger partial charge in [-0.15, -0.1) is 0 Å². The van der Waals surface area contributed by atoms with E-state index >= 15 is 0 Å². The molecule has 8 nitrogen and oxygen atoms in total. The minimum atomic E-state index is -0.464. The SMILES string of the molecule is C=CC(=O)OCCN(C)c1ccc(N=Nc2ccc([N+](=O)[O-])cc2)cc1. The van der Waals surface area contributed by atoms with E-state index < -0.39 is 10.9 Å². The monoisotopic (exact) mass is 354 g/mol. The molecule has 0 spiro atoms. The number of benzene rings is 2. The molecule has 0 aliphatic carbocycles. The second-order valence-corrected chi connectivity index (χ2v) is 5.28. The van der Waals surface area contributed by atoms with Gasteiger partial charge < -0.3 is 9.64 Å². The van der Waals surface area contributed by atoms with Crippen LogP contribution in [0, 0.1) is 10.1 Å². The molecule has 0 bridgehead atoms. The maximum Gasteiger partial charge on any atom is 0.330 e. The number of non-ortho nitro benzene ring substituents is 1. The van der Waals surface area contributed by atoms with Crippen LogP contribution in [-0.2, 0) is 9.53 Å². The Balaban J connectivity index is 1.92. The number of nitro benzene ring substituents is 1. The van der Waals surface area contributed by atoms with Crippen LogP contribution in [0.1, 0.15) is 0 Å². The second-order valence-electron chi connectivity index (χ2n) is 5.28. The summed E-state index contributed by atoms with van der Waals surface area (Å²) >= 11 is 0. The number of carbonyl (C=O) groups is 1. The van der Waals surface area contributed by atoms with Gasteiger partial charge in [0, 0.05) is 30.9 Å². The van der Waals surface area contributed by atoms with Gasteiger partial charge in [-0.2, -0.15) is 10.2 Å². The van der Waals surface area contributed by atoms with Crippen molar-refractivity contribution in [3.63, 3.8) is 0 Å². The number of nitro groups is 1. The third kappa shape index (κ3) is 5.52. The molecule has 2 rings (SSSR count). The fourth-order valence-electron chi connectivity index (χ4n) is 2.00. The molecule has 0 amide bonds. The molecule has 8 heteroatoms. The Morgan fingerprint density at radius 3 is 2.19 bits per heavy atom. The molecule has 0 aliphatic heterocycles. The molecule has 2 aromatic rings. The van der Waals surface area contributed by atoms with Crippen LogP contribution in [0.25, 0.3) is 0 Å². The Hall–Kier alpha value is -3.55. The van der Waals surface area contributed by atoms with Gasteiger partial charge in [0.2, 0.25) is 0 Å². The minimum absolute atomic E-state index is 0.00936. The number of likely N-dealkylation sites (N-methyl/N-ethyl adjacent to an activating group) is 1. The molecular formula is C18H18N4O4. The summed E-state index contributed by atoms with van der Waals surface area (Å²) in [6, 6.07) is 13.2. The van der Waals surface area contributed by atoms with Gasteiger partial charge in [-0.1, -0.05) is 6.58 Å². The van der Waals surface area contributed by atoms with Gasteiger partial charge >= 0.3 is 5.97 Å². The molecular weight excluding hydrogens is 336 g/mol. The van der Waals surface area contributed by atoms with Crippen LogP contribution in [0.3, 0.4) is 0 Å². The summed E-state index contributed by atoms with van der Waals surface area (Å²) in [7, 11) is 1.88. The lowest BCUT2D eigenvalue weighted by Crippen LogP contribution is -2.23. The first-order valence-electron chi connectivity index (χ1n) is 7.76. The van der Waals surface area contributed by atoms with Crippen LogP contribution in [0.4, 0.5) is 22.7 Å². The summed E-state index contributed by atoms with van der Waals surface area (Å²) in [5.74, 6) is -0.444. The number of azo groups is 1. The van der Waals surface area contributed by atoms with E-state index in [0.29, 0.717) is 17.9 Å². The highest BCUT2D eigenvalue weighted by molar-refractivity contribution is 5.81. The quantitative estimate of drug-likeness (QED) is 0.233. The lowest BCUT2D eigenvalue weighted by atomic mass is 10.2. The Labute approximate surface area is 150 Å². The van der Waals surface area contributed by atoms with Gasteiger partial charge in [0.25, 0.3) is 5.69 Å². The van der Waals surface area contributed by atoms with Crippen molar-refractivity contribution in [2.24, 2.45) is 10.2 Å². The summed E-state index contributed by atoms with van der Waals surface area (Å²) in [6.45, 7) is 4.15. The van der Waals surface area contributed by atoms with Gasteiger partial charge in [0.05, 0.1) is 22.8 Å². The average molecular weight is 354 g/mol. The third-order valence-electron chi connectivity index (χ3n) is 3.47. The molecule has 0 aromatic heterocycles. The van der Waals surface area contributed by atoms with Crippen molar-refractivity contribution in [3.8, 4) is 0 Å². The van der Waals surface area contributed by atoms with Crippen LogP contribution in [-0.4, -0.2) is 31.1 Å². The highest BCUT2D eigenvalue weighted by Crippen LogP contribution is 2.23. The molecule has 26 heavy (non-hydrogen) atoms. The molecule has 0 aliphatic rings. The molecule has 0 radical (unpaired) electrons. The maximum absolute atomic E-state index is 11.0. The van der Waals surface area contributed by atoms with Crippen LogP contribution >= 0.6 is 0 Å². The summed E-state index contributed by atoms with van der Waals surface area (Å²) < 4.78 is 4.94. The van der Waals surface area contributed by atoms with E-state index in [2.05, 4.69) is 16.8 Å². The summed E-state index contributed by atoms with van der Waals surface area (Å²) in [4.78, 5) is 23.1. The Morgan fingerprint density at radius 2 is 1.69 bits per heavy atom. The van der Waals surface area contributed by atoms with Crippen molar-refractivity contribution in [1.29, 1.82) is 0 Å². The third-order valence-corrected chi connectivity index (χ3v) is 3.47. The Kier molecular flexibility index (Phi) is 6.55. The van der Waals surface area contributed by atoms with E-state index in [4.69, 9.17) is 4.74 Å². The average Bonchev–Trinajstić information content (AvgIpc) is 2.66. The summed E-state index contributed by atoms with van der Waals surface area (Å²) in [5.41, 5.74) is 2.13. The largest absolute Gasteiger partial charge is 0.461 e. The lowest BCUT2D eigenvalue weighted by Gasteiger charge is -2.18. The smallest absolute Gasteiger partial charge is 0.330 e. The van der Waals surface area contributed by atoms with Crippen LogP contribution in [0.15, 0.2) is 71.4 Å². The fourth-order valence-corrected chi connectivity index (χ4v) is 2.00. The number of hydrogen-bond donors (Lipinski definition) is 0. The topological polar surface area (TPSA) is 97.4 Å². The van der Waals surface area contributed by atoms with E-state index in [0.717, 1.165) is 11.8 Å². The molecule has 0 heterocycles. The molecule has 2 aromatic carbocycles. The van der Waals surface area contributed by atoms with Crippen LogP contribution in [0.5, 0.6) is 0 Å². The fraction of sp³-hybridized carbons (Fsp3) is 0.167. The second kappa shape index (κ2) is 9.07. The summed E-state index contributed by atoms with van der Waals surface area (Å²) in [6.07, 6.45) is 1.13. The van der Waals surface area contributed by atoms with Crippen molar-refractivity contribution >= 4 is 28.7 Å². The highest BCUT2D eigenvalue weighted by Gasteiger charge is 2.04. The van der Waals surface area contributed by atoms with Crippen molar-refractivity contribution in [1.82, 2.24) is 0 Å². The number of anilines is 1. The van der Waals surface area contributed by atoms with E-state index in [9.17, 15) is 14.9 Å². The molecule has 0 saturated carbocycles. The van der Waals surface area contributed by atoms with Crippen LogP contribution in [0.2, 0.25) is 0 Å². The van der Waals surface area contributed by atoms with Gasteiger partial charge in [0.15, 0.2) is 0 Å². The highest BCUT2D eigenvalue weighted by atomic mass is 16.6. The zero-order valence-corrected chi connectivity index (χ0v) is 14.2. The zero-order chi connectivity index (χ0) is 18.9. The maximum atomic E-state index is 11.0. The number of nitrogens with zero attached hydrogens (tertiary/aromatic N) is 4. The van der Waals surface area contributed by atoms with Crippen molar-refractivity contribution < 1.29 is 14.5 Å². The molecule has 0 unspecified atom stereocenters. The molecule has 0 N–H and O–H groups in total. The first-order chi connectivity index (χ1) is 12.5.